The molecule has 70 valence electrons. The van der Waals surface area contributed by atoms with Crippen LogP contribution in [0.3, 0.4) is 0 Å². The van der Waals surface area contributed by atoms with Crippen molar-refractivity contribution in [2.75, 3.05) is 6.54 Å². The van der Waals surface area contributed by atoms with Crippen LogP contribution in [0.1, 0.15) is 13.8 Å². The molecule has 0 radical (unpaired) electrons. The molecule has 0 aromatic rings. The molecule has 0 bridgehead atoms. The van der Waals surface area contributed by atoms with Gasteiger partial charge in [-0.1, -0.05) is 20.4 Å². The highest BCUT2D eigenvalue weighted by atomic mass is 16.3. The van der Waals surface area contributed by atoms with E-state index in [4.69, 9.17) is 9.90 Å². The molecule has 12 heavy (non-hydrogen) atoms. The van der Waals surface area contributed by atoms with Crippen LogP contribution in [0.15, 0.2) is 12.7 Å². The fraction of sp³-hybridized carbons (Fsp3) is 0.500. The Balaban J connectivity index is 0. The molecule has 0 unspecified atom stereocenters. The highest BCUT2D eigenvalue weighted by molar-refractivity contribution is 5.86. The maximum Gasteiger partial charge on any atom is 0.290 e. The van der Waals surface area contributed by atoms with E-state index < -0.39 is 0 Å². The van der Waals surface area contributed by atoms with E-state index in [0.717, 1.165) is 6.54 Å². The Bertz CT molecular complexity index is 143. The van der Waals surface area contributed by atoms with Crippen molar-refractivity contribution in [3.8, 4) is 0 Å². The van der Waals surface area contributed by atoms with Gasteiger partial charge in [0.15, 0.2) is 0 Å². The Kier molecular flexibility index (Phi) is 10.7. The zero-order valence-corrected chi connectivity index (χ0v) is 7.41. The second-order valence-corrected chi connectivity index (χ2v) is 2.45. The van der Waals surface area contributed by atoms with Gasteiger partial charge in [0, 0.05) is 6.54 Å². The molecular formula is C8H15NO3. The van der Waals surface area contributed by atoms with Crippen LogP contribution in [0.25, 0.3) is 0 Å². The van der Waals surface area contributed by atoms with E-state index in [-0.39, 0.29) is 12.4 Å². The third-order valence-corrected chi connectivity index (χ3v) is 0.870. The van der Waals surface area contributed by atoms with Gasteiger partial charge in [0.25, 0.3) is 6.47 Å². The van der Waals surface area contributed by atoms with E-state index in [1.807, 2.05) is 13.8 Å². The summed E-state index contributed by atoms with van der Waals surface area (Å²) in [6.45, 7) is 7.89. The smallest absolute Gasteiger partial charge is 0.290 e. The largest absolute Gasteiger partial charge is 0.483 e. The Hall–Kier alpha value is -1.32. The summed E-state index contributed by atoms with van der Waals surface area (Å²) >= 11 is 0. The summed E-state index contributed by atoms with van der Waals surface area (Å²) in [7, 11) is 0. The van der Waals surface area contributed by atoms with Crippen LogP contribution in [0.4, 0.5) is 0 Å². The van der Waals surface area contributed by atoms with Crippen molar-refractivity contribution in [2.24, 2.45) is 5.92 Å². The number of hydrogen-bond donors (Lipinski definition) is 2. The van der Waals surface area contributed by atoms with Gasteiger partial charge in [-0.3, -0.25) is 9.59 Å². The first kappa shape index (κ1) is 13.3. The molecule has 1 amide bonds. The van der Waals surface area contributed by atoms with E-state index in [1.54, 1.807) is 0 Å². The minimum Gasteiger partial charge on any atom is -0.483 e. The first-order valence-corrected chi connectivity index (χ1v) is 3.56. The Morgan fingerprint density at radius 1 is 1.67 bits per heavy atom. The molecule has 2 N–H and O–H groups in total. The fourth-order valence-electron chi connectivity index (χ4n) is 0.377. The molecular weight excluding hydrogens is 158 g/mol. The van der Waals surface area contributed by atoms with Crippen molar-refractivity contribution < 1.29 is 14.7 Å². The second-order valence-electron chi connectivity index (χ2n) is 2.45. The standard InChI is InChI=1S/C7H13NO.CH2O2/c1-4-7(9)8-5-6(2)3;2-1-3/h4,6H,1,5H2,2-3H3,(H,8,9);1H,(H,2,3). The predicted octanol–water partition coefficient (Wildman–Crippen LogP) is 0.645. The number of rotatable bonds is 3. The lowest BCUT2D eigenvalue weighted by atomic mass is 10.2. The van der Waals surface area contributed by atoms with E-state index in [1.165, 1.54) is 6.08 Å². The fourth-order valence-corrected chi connectivity index (χ4v) is 0.377. The van der Waals surface area contributed by atoms with Gasteiger partial charge in [0.1, 0.15) is 0 Å². The van der Waals surface area contributed by atoms with Crippen molar-refractivity contribution in [3.05, 3.63) is 12.7 Å². The van der Waals surface area contributed by atoms with Gasteiger partial charge < -0.3 is 10.4 Å². The van der Waals surface area contributed by atoms with E-state index in [0.29, 0.717) is 5.92 Å². The van der Waals surface area contributed by atoms with Crippen molar-refractivity contribution in [1.82, 2.24) is 5.32 Å². The van der Waals surface area contributed by atoms with Crippen LogP contribution >= 0.6 is 0 Å². The molecule has 4 heteroatoms. The minimum absolute atomic E-state index is 0.0938. The molecule has 0 aliphatic heterocycles. The molecule has 0 aliphatic carbocycles. The summed E-state index contributed by atoms with van der Waals surface area (Å²) in [4.78, 5) is 18.8. The van der Waals surface area contributed by atoms with Gasteiger partial charge in [-0.15, -0.1) is 0 Å². The van der Waals surface area contributed by atoms with Crippen LogP contribution < -0.4 is 5.32 Å². The minimum atomic E-state index is -0.250. The van der Waals surface area contributed by atoms with Gasteiger partial charge in [-0.05, 0) is 12.0 Å². The van der Waals surface area contributed by atoms with Crippen LogP contribution in [0, 0.1) is 5.92 Å². The Labute approximate surface area is 72.3 Å². The molecule has 0 saturated heterocycles. The number of carbonyl (C=O) groups is 2. The van der Waals surface area contributed by atoms with Crippen molar-refractivity contribution in [1.29, 1.82) is 0 Å². The Morgan fingerprint density at radius 2 is 2.08 bits per heavy atom. The maximum atomic E-state index is 10.5. The summed E-state index contributed by atoms with van der Waals surface area (Å²) in [5, 5.41) is 9.56. The summed E-state index contributed by atoms with van der Waals surface area (Å²) < 4.78 is 0. The third-order valence-electron chi connectivity index (χ3n) is 0.870. The topological polar surface area (TPSA) is 66.4 Å². The van der Waals surface area contributed by atoms with Gasteiger partial charge >= 0.3 is 0 Å². The maximum absolute atomic E-state index is 10.5. The highest BCUT2D eigenvalue weighted by Gasteiger charge is 1.94. The molecule has 0 aromatic heterocycles. The molecule has 0 atom stereocenters. The number of nitrogens with one attached hydrogen (secondary N) is 1. The molecule has 0 aliphatic rings. The van der Waals surface area contributed by atoms with Crippen LogP contribution in [-0.2, 0) is 9.59 Å². The highest BCUT2D eigenvalue weighted by Crippen LogP contribution is 1.86. The zero-order chi connectivity index (χ0) is 9.98. The average molecular weight is 173 g/mol. The van der Waals surface area contributed by atoms with Crippen LogP contribution in [0.5, 0.6) is 0 Å². The van der Waals surface area contributed by atoms with Crippen LogP contribution in [0.2, 0.25) is 0 Å². The Morgan fingerprint density at radius 3 is 2.33 bits per heavy atom. The molecule has 0 aromatic carbocycles. The van der Waals surface area contributed by atoms with E-state index in [9.17, 15) is 4.79 Å². The van der Waals surface area contributed by atoms with Crippen molar-refractivity contribution in [2.45, 2.75) is 13.8 Å². The second kappa shape index (κ2) is 9.68. The summed E-state index contributed by atoms with van der Waals surface area (Å²) in [6.07, 6.45) is 1.28. The van der Waals surface area contributed by atoms with Gasteiger partial charge in [0.05, 0.1) is 0 Å². The lowest BCUT2D eigenvalue weighted by Crippen LogP contribution is -2.24. The number of carbonyl (C=O) groups excluding carboxylic acids is 1. The number of amides is 1. The zero-order valence-electron chi connectivity index (χ0n) is 7.41. The van der Waals surface area contributed by atoms with Gasteiger partial charge in [0.2, 0.25) is 5.91 Å². The van der Waals surface area contributed by atoms with Crippen molar-refractivity contribution >= 4 is 12.4 Å². The lowest BCUT2D eigenvalue weighted by Gasteiger charge is -2.03. The van der Waals surface area contributed by atoms with Gasteiger partial charge in [-0.25, -0.2) is 0 Å². The van der Waals surface area contributed by atoms with E-state index in [2.05, 4.69) is 11.9 Å². The average Bonchev–Trinajstić information content (AvgIpc) is 2.01. The number of hydrogen-bond acceptors (Lipinski definition) is 2. The predicted molar refractivity (Wildman–Crippen MR) is 46.7 cm³/mol. The monoisotopic (exact) mass is 173 g/mol. The summed E-state index contributed by atoms with van der Waals surface area (Å²) in [6, 6.07) is 0. The molecule has 0 fully saturated rings. The van der Waals surface area contributed by atoms with Crippen molar-refractivity contribution in [3.63, 3.8) is 0 Å². The SMILES string of the molecule is C=CC(=O)NCC(C)C.O=CO. The molecule has 0 saturated carbocycles. The summed E-state index contributed by atoms with van der Waals surface area (Å²) in [5.41, 5.74) is 0. The third kappa shape index (κ3) is 15.9. The molecule has 0 spiro atoms. The molecule has 0 rings (SSSR count). The van der Waals surface area contributed by atoms with Crippen LogP contribution in [-0.4, -0.2) is 24.0 Å². The molecule has 0 heterocycles. The quantitative estimate of drug-likeness (QED) is 0.486. The van der Waals surface area contributed by atoms with E-state index >= 15 is 0 Å². The molecule has 4 nitrogen and oxygen atoms in total. The first-order chi connectivity index (χ1) is 5.58. The number of carboxylic acid groups (broad SMARTS) is 1. The normalized spacial score (nSPS) is 7.92. The summed E-state index contributed by atoms with van der Waals surface area (Å²) in [5.74, 6) is 0.414. The first-order valence-electron chi connectivity index (χ1n) is 3.56. The van der Waals surface area contributed by atoms with Gasteiger partial charge in [-0.2, -0.15) is 0 Å². The lowest BCUT2D eigenvalue weighted by molar-refractivity contribution is -0.123.